The van der Waals surface area contributed by atoms with Gasteiger partial charge in [-0.25, -0.2) is 0 Å². The van der Waals surface area contributed by atoms with Crippen LogP contribution in [0.15, 0.2) is 44.3 Å². The Balaban J connectivity index is 2.48. The van der Waals surface area contributed by atoms with Crippen LogP contribution in [0.4, 0.5) is 5.69 Å². The molecule has 0 radical (unpaired) electrons. The Morgan fingerprint density at radius 1 is 1.11 bits per heavy atom. The van der Waals surface area contributed by atoms with Gasteiger partial charge in [0.1, 0.15) is 0 Å². The molecule has 0 spiro atoms. The van der Waals surface area contributed by atoms with E-state index in [1.54, 1.807) is 6.07 Å². The van der Waals surface area contributed by atoms with Crippen molar-refractivity contribution in [1.82, 2.24) is 4.98 Å². The molecule has 0 unspecified atom stereocenters. The highest BCUT2D eigenvalue weighted by atomic mass is 16.3. The lowest BCUT2D eigenvalue weighted by atomic mass is 10.2. The van der Waals surface area contributed by atoms with Gasteiger partial charge in [0.15, 0.2) is 5.58 Å². The van der Waals surface area contributed by atoms with Gasteiger partial charge in [-0.05, 0) is 24.3 Å². The van der Waals surface area contributed by atoms with Gasteiger partial charge >= 0.3 is 0 Å². The lowest BCUT2D eigenvalue weighted by Gasteiger charge is -2.12. The zero-order valence-electron chi connectivity index (χ0n) is 10.6. The van der Waals surface area contributed by atoms with Crippen LogP contribution in [-0.4, -0.2) is 19.1 Å². The van der Waals surface area contributed by atoms with Gasteiger partial charge < -0.3 is 14.3 Å². The first-order valence-corrected chi connectivity index (χ1v) is 5.83. The summed E-state index contributed by atoms with van der Waals surface area (Å²) in [4.78, 5) is 28.1. The lowest BCUT2D eigenvalue weighted by Crippen LogP contribution is -2.23. The molecular weight excluding hydrogens is 244 g/mol. The summed E-state index contributed by atoms with van der Waals surface area (Å²) >= 11 is 0. The van der Waals surface area contributed by atoms with Crippen molar-refractivity contribution >= 4 is 16.8 Å². The molecule has 1 aliphatic carbocycles. The molecule has 0 saturated carbocycles. The van der Waals surface area contributed by atoms with Crippen LogP contribution in [0.3, 0.4) is 0 Å². The van der Waals surface area contributed by atoms with Crippen LogP contribution in [0.1, 0.15) is 0 Å². The zero-order valence-corrected chi connectivity index (χ0v) is 10.6. The molecule has 5 heteroatoms. The Kier molecular flexibility index (Phi) is 2.41. The van der Waals surface area contributed by atoms with Crippen LogP contribution in [0, 0.1) is 10.8 Å². The fourth-order valence-corrected chi connectivity index (χ4v) is 1.98. The Labute approximate surface area is 107 Å². The van der Waals surface area contributed by atoms with Gasteiger partial charge in [-0.2, -0.15) is 0 Å². The third-order valence-corrected chi connectivity index (χ3v) is 3.04. The first-order valence-electron chi connectivity index (χ1n) is 5.83. The fourth-order valence-electron chi connectivity index (χ4n) is 1.98. The van der Waals surface area contributed by atoms with Crippen LogP contribution < -0.4 is 15.8 Å². The number of rotatable bonds is 1. The summed E-state index contributed by atoms with van der Waals surface area (Å²) in [6.07, 6.45) is 0. The molecule has 1 aromatic rings. The van der Waals surface area contributed by atoms with E-state index < -0.39 is 10.9 Å². The van der Waals surface area contributed by atoms with E-state index in [-0.39, 0.29) is 5.42 Å². The molecule has 1 aromatic carbocycles. The highest BCUT2D eigenvalue weighted by Crippen LogP contribution is 2.19. The van der Waals surface area contributed by atoms with E-state index in [1.165, 1.54) is 6.07 Å². The summed E-state index contributed by atoms with van der Waals surface area (Å²) in [6.45, 7) is 0. The Morgan fingerprint density at radius 2 is 1.89 bits per heavy atom. The Morgan fingerprint density at radius 3 is 2.63 bits per heavy atom. The first kappa shape index (κ1) is 11.5. The zero-order chi connectivity index (χ0) is 13.6. The summed E-state index contributed by atoms with van der Waals surface area (Å²) in [6, 6.07) is 8.45. The number of benzene rings is 1. The number of anilines is 1. The van der Waals surface area contributed by atoms with Crippen LogP contribution >= 0.6 is 0 Å². The third-order valence-electron chi connectivity index (χ3n) is 3.04. The van der Waals surface area contributed by atoms with E-state index in [0.717, 1.165) is 11.2 Å². The second-order valence-corrected chi connectivity index (χ2v) is 4.57. The quantitative estimate of drug-likeness (QED) is 0.666. The lowest BCUT2D eigenvalue weighted by molar-refractivity contribution is 0.555. The summed E-state index contributed by atoms with van der Waals surface area (Å²) in [5.41, 5.74) is 1.15. The molecule has 2 aliphatic rings. The van der Waals surface area contributed by atoms with Crippen molar-refractivity contribution in [2.75, 3.05) is 19.0 Å². The van der Waals surface area contributed by atoms with Gasteiger partial charge in [-0.3, -0.25) is 9.59 Å². The molecule has 0 saturated heterocycles. The first-order chi connectivity index (χ1) is 9.06. The average Bonchev–Trinajstić information content (AvgIpc) is 2.41. The predicted octanol–water partition coefficient (Wildman–Crippen LogP) is 1.27. The van der Waals surface area contributed by atoms with Crippen molar-refractivity contribution < 1.29 is 4.42 Å². The molecule has 1 N–H and O–H groups in total. The maximum Gasteiger partial charge on any atom is 0.270 e. The van der Waals surface area contributed by atoms with E-state index in [9.17, 15) is 9.59 Å². The molecule has 0 amide bonds. The molecule has 1 heterocycles. The number of nitrogens with zero attached hydrogens (tertiary/aromatic N) is 1. The highest BCUT2D eigenvalue weighted by Gasteiger charge is 2.05. The number of aromatic amines is 1. The SMILES string of the molecule is CN(C)c1ccc2[nH]c3ccc(=O)c(=O)c=3oc2c1. The minimum absolute atomic E-state index is 0.0657. The molecule has 0 bridgehead atoms. The van der Waals surface area contributed by atoms with Crippen molar-refractivity contribution in [1.29, 1.82) is 0 Å². The smallest absolute Gasteiger partial charge is 0.270 e. The van der Waals surface area contributed by atoms with Crippen molar-refractivity contribution in [2.45, 2.75) is 0 Å². The number of H-pyrrole nitrogens is 1. The second-order valence-electron chi connectivity index (χ2n) is 4.57. The number of nitrogens with one attached hydrogen (secondary N) is 1. The van der Waals surface area contributed by atoms with Crippen LogP contribution in [-0.2, 0) is 0 Å². The maximum atomic E-state index is 11.8. The van der Waals surface area contributed by atoms with Crippen LogP contribution in [0.2, 0.25) is 0 Å². The topological polar surface area (TPSA) is 66.3 Å². The van der Waals surface area contributed by atoms with E-state index in [4.69, 9.17) is 4.42 Å². The van der Waals surface area contributed by atoms with Crippen LogP contribution in [0.25, 0.3) is 11.1 Å². The number of hydrogen-bond donors (Lipinski definition) is 1. The highest BCUT2D eigenvalue weighted by molar-refractivity contribution is 5.76. The van der Waals surface area contributed by atoms with Crippen molar-refractivity contribution in [2.24, 2.45) is 0 Å². The summed E-state index contributed by atoms with van der Waals surface area (Å²) in [7, 11) is 3.83. The number of hydrogen-bond acceptors (Lipinski definition) is 4. The molecule has 5 nitrogen and oxygen atoms in total. The average molecular weight is 256 g/mol. The molecule has 0 fully saturated rings. The fraction of sp³-hybridized carbons (Fsp3) is 0.143. The summed E-state index contributed by atoms with van der Waals surface area (Å²) < 4.78 is 5.58. The van der Waals surface area contributed by atoms with E-state index in [0.29, 0.717) is 10.9 Å². The van der Waals surface area contributed by atoms with E-state index >= 15 is 0 Å². The Bertz CT molecular complexity index is 937. The second kappa shape index (κ2) is 3.98. The molecule has 19 heavy (non-hydrogen) atoms. The van der Waals surface area contributed by atoms with Gasteiger partial charge in [0.2, 0.25) is 10.8 Å². The van der Waals surface area contributed by atoms with Gasteiger partial charge in [0.25, 0.3) is 5.43 Å². The minimum Gasteiger partial charge on any atom is -0.449 e. The Hall–Kier alpha value is -2.56. The largest absolute Gasteiger partial charge is 0.449 e. The van der Waals surface area contributed by atoms with Gasteiger partial charge in [0, 0.05) is 25.8 Å². The summed E-state index contributed by atoms with van der Waals surface area (Å²) in [5.74, 6) is 0. The van der Waals surface area contributed by atoms with Gasteiger partial charge in [-0.1, -0.05) is 0 Å². The molecule has 0 atom stereocenters. The standard InChI is InChI=1S/C14H12N2O3/c1-16(2)8-3-4-9-12(7-8)19-14-10(15-9)5-6-11(17)13(14)18/h3-7,15H,1-2H3. The molecule has 96 valence electrons. The predicted molar refractivity (Wildman–Crippen MR) is 72.7 cm³/mol. The summed E-state index contributed by atoms with van der Waals surface area (Å²) in [5, 5.41) is 0.523. The molecule has 0 aromatic heterocycles. The molecule has 3 rings (SSSR count). The van der Waals surface area contributed by atoms with E-state index in [2.05, 4.69) is 4.98 Å². The van der Waals surface area contributed by atoms with Crippen molar-refractivity contribution in [3.63, 3.8) is 0 Å². The monoisotopic (exact) mass is 256 g/mol. The van der Waals surface area contributed by atoms with Crippen molar-refractivity contribution in [3.8, 4) is 0 Å². The van der Waals surface area contributed by atoms with Gasteiger partial charge in [0.05, 0.1) is 10.9 Å². The third kappa shape index (κ3) is 1.79. The van der Waals surface area contributed by atoms with Crippen LogP contribution in [0.5, 0.6) is 0 Å². The molecule has 1 aliphatic heterocycles. The minimum atomic E-state index is -0.620. The van der Waals surface area contributed by atoms with Crippen molar-refractivity contribution in [3.05, 3.63) is 61.5 Å². The number of fused-ring (bicyclic) bond motifs is 1. The normalized spacial score (nSPS) is 11.1. The van der Waals surface area contributed by atoms with Gasteiger partial charge in [-0.15, -0.1) is 0 Å². The van der Waals surface area contributed by atoms with E-state index in [1.807, 2.05) is 37.2 Å². The number of aromatic nitrogens is 1. The maximum absolute atomic E-state index is 11.8. The molecular formula is C14H12N2O3.